The molecule has 25 heavy (non-hydrogen) atoms. The Morgan fingerprint density at radius 3 is 2.60 bits per heavy atom. The van der Waals surface area contributed by atoms with E-state index in [-0.39, 0.29) is 11.9 Å². The summed E-state index contributed by atoms with van der Waals surface area (Å²) in [6.45, 7) is 1.30. The molecule has 2 aromatic rings. The molecule has 1 N–H and O–H groups in total. The van der Waals surface area contributed by atoms with Crippen molar-refractivity contribution in [2.75, 3.05) is 32.6 Å². The standard InChI is InChI=1S/C20H24N2O3/c1-24-17-8-3-6-15(12-17)19-10-5-11-22(19)14-20(23)21-16-7-4-9-18(13-16)25-2/h3-4,6-9,12-13,19H,5,10-11,14H2,1-2H3,(H,21,23)/t19-/m0/s1. The first-order valence-electron chi connectivity index (χ1n) is 8.51. The lowest BCUT2D eigenvalue weighted by atomic mass is 10.0. The molecular formula is C20H24N2O3. The highest BCUT2D eigenvalue weighted by molar-refractivity contribution is 5.92. The van der Waals surface area contributed by atoms with E-state index in [1.54, 1.807) is 14.2 Å². The summed E-state index contributed by atoms with van der Waals surface area (Å²) in [4.78, 5) is 14.7. The van der Waals surface area contributed by atoms with Crippen molar-refractivity contribution in [3.63, 3.8) is 0 Å². The van der Waals surface area contributed by atoms with E-state index >= 15 is 0 Å². The van der Waals surface area contributed by atoms with Crippen LogP contribution in [0.5, 0.6) is 11.5 Å². The number of anilines is 1. The molecule has 132 valence electrons. The fraction of sp³-hybridized carbons (Fsp3) is 0.350. The van der Waals surface area contributed by atoms with Gasteiger partial charge in [-0.05, 0) is 49.2 Å². The predicted octanol–water partition coefficient (Wildman–Crippen LogP) is 3.48. The molecule has 0 spiro atoms. The first-order chi connectivity index (χ1) is 12.2. The van der Waals surface area contributed by atoms with Gasteiger partial charge >= 0.3 is 0 Å². The van der Waals surface area contributed by atoms with Crippen molar-refractivity contribution in [3.8, 4) is 11.5 Å². The Hall–Kier alpha value is -2.53. The van der Waals surface area contributed by atoms with Crippen molar-refractivity contribution in [1.29, 1.82) is 0 Å². The molecular weight excluding hydrogens is 316 g/mol. The van der Waals surface area contributed by atoms with Crippen LogP contribution in [0.3, 0.4) is 0 Å². The predicted molar refractivity (Wildman–Crippen MR) is 98.2 cm³/mol. The van der Waals surface area contributed by atoms with Gasteiger partial charge in [0.25, 0.3) is 0 Å². The SMILES string of the molecule is COc1cccc(NC(=O)CN2CCC[C@H]2c2cccc(OC)c2)c1. The van der Waals surface area contributed by atoms with E-state index in [4.69, 9.17) is 9.47 Å². The van der Waals surface area contributed by atoms with E-state index in [9.17, 15) is 4.79 Å². The van der Waals surface area contributed by atoms with E-state index in [2.05, 4.69) is 22.3 Å². The van der Waals surface area contributed by atoms with Gasteiger partial charge in [-0.2, -0.15) is 0 Å². The molecule has 2 aromatic carbocycles. The third-order valence-electron chi connectivity index (χ3n) is 4.54. The first kappa shape index (κ1) is 17.3. The Balaban J connectivity index is 1.65. The number of hydrogen-bond acceptors (Lipinski definition) is 4. The molecule has 1 aliphatic heterocycles. The Kier molecular flexibility index (Phi) is 5.56. The van der Waals surface area contributed by atoms with Crippen molar-refractivity contribution in [2.24, 2.45) is 0 Å². The van der Waals surface area contributed by atoms with Crippen LogP contribution in [0.2, 0.25) is 0 Å². The van der Waals surface area contributed by atoms with Crippen molar-refractivity contribution < 1.29 is 14.3 Å². The normalized spacial score (nSPS) is 17.3. The summed E-state index contributed by atoms with van der Waals surface area (Å²) < 4.78 is 10.5. The van der Waals surface area contributed by atoms with E-state index in [0.717, 1.165) is 36.6 Å². The highest BCUT2D eigenvalue weighted by Gasteiger charge is 2.27. The molecule has 5 nitrogen and oxygen atoms in total. The minimum absolute atomic E-state index is 0.0111. The number of nitrogens with zero attached hydrogens (tertiary/aromatic N) is 1. The van der Waals surface area contributed by atoms with Crippen LogP contribution < -0.4 is 14.8 Å². The number of carbonyl (C=O) groups excluding carboxylic acids is 1. The van der Waals surface area contributed by atoms with Gasteiger partial charge in [-0.3, -0.25) is 9.69 Å². The Morgan fingerprint density at radius 2 is 1.84 bits per heavy atom. The largest absolute Gasteiger partial charge is 0.497 e. The maximum Gasteiger partial charge on any atom is 0.238 e. The molecule has 0 unspecified atom stereocenters. The number of methoxy groups -OCH3 is 2. The Bertz CT molecular complexity index is 732. The van der Waals surface area contributed by atoms with Gasteiger partial charge in [-0.15, -0.1) is 0 Å². The fourth-order valence-corrected chi connectivity index (χ4v) is 3.33. The number of benzene rings is 2. The highest BCUT2D eigenvalue weighted by atomic mass is 16.5. The van der Waals surface area contributed by atoms with Gasteiger partial charge in [0.15, 0.2) is 0 Å². The van der Waals surface area contributed by atoms with Crippen LogP contribution in [0.4, 0.5) is 5.69 Å². The van der Waals surface area contributed by atoms with Gasteiger partial charge in [0, 0.05) is 17.8 Å². The van der Waals surface area contributed by atoms with Gasteiger partial charge in [0.05, 0.1) is 20.8 Å². The van der Waals surface area contributed by atoms with Gasteiger partial charge in [0.1, 0.15) is 11.5 Å². The number of nitrogens with one attached hydrogen (secondary N) is 1. The molecule has 5 heteroatoms. The average Bonchev–Trinajstić information content (AvgIpc) is 3.09. The molecule has 1 saturated heterocycles. The van der Waals surface area contributed by atoms with Gasteiger partial charge in [-0.25, -0.2) is 0 Å². The summed E-state index contributed by atoms with van der Waals surface area (Å²) in [6.07, 6.45) is 2.15. The van der Waals surface area contributed by atoms with Crippen molar-refractivity contribution >= 4 is 11.6 Å². The zero-order valence-electron chi connectivity index (χ0n) is 14.7. The minimum atomic E-state index is -0.0111. The number of ether oxygens (including phenoxy) is 2. The van der Waals surface area contributed by atoms with Crippen molar-refractivity contribution in [2.45, 2.75) is 18.9 Å². The summed E-state index contributed by atoms with van der Waals surface area (Å²) >= 11 is 0. The second-order valence-corrected chi connectivity index (χ2v) is 6.19. The van der Waals surface area contributed by atoms with E-state index in [1.807, 2.05) is 36.4 Å². The first-order valence-corrected chi connectivity index (χ1v) is 8.51. The molecule has 1 atom stereocenters. The molecule has 0 radical (unpaired) electrons. The van der Waals surface area contributed by atoms with E-state index in [1.165, 1.54) is 5.56 Å². The maximum atomic E-state index is 12.4. The fourth-order valence-electron chi connectivity index (χ4n) is 3.33. The topological polar surface area (TPSA) is 50.8 Å². The lowest BCUT2D eigenvalue weighted by Gasteiger charge is -2.24. The van der Waals surface area contributed by atoms with E-state index in [0.29, 0.717) is 6.54 Å². The maximum absolute atomic E-state index is 12.4. The summed E-state index contributed by atoms with van der Waals surface area (Å²) in [5.41, 5.74) is 1.95. The molecule has 1 aliphatic rings. The van der Waals surface area contributed by atoms with Crippen LogP contribution in [-0.4, -0.2) is 38.1 Å². The second-order valence-electron chi connectivity index (χ2n) is 6.19. The molecule has 0 bridgehead atoms. The molecule has 1 heterocycles. The summed E-state index contributed by atoms with van der Waals surface area (Å²) in [5.74, 6) is 1.57. The summed E-state index contributed by atoms with van der Waals surface area (Å²) in [5, 5.41) is 2.95. The summed E-state index contributed by atoms with van der Waals surface area (Å²) in [6, 6.07) is 15.8. The Labute approximate surface area is 148 Å². The molecule has 1 fully saturated rings. The lowest BCUT2D eigenvalue weighted by molar-refractivity contribution is -0.117. The minimum Gasteiger partial charge on any atom is -0.497 e. The molecule has 0 saturated carbocycles. The zero-order valence-corrected chi connectivity index (χ0v) is 14.7. The monoisotopic (exact) mass is 340 g/mol. The van der Waals surface area contributed by atoms with Crippen LogP contribution in [-0.2, 0) is 4.79 Å². The number of likely N-dealkylation sites (tertiary alicyclic amines) is 1. The smallest absolute Gasteiger partial charge is 0.238 e. The van der Waals surface area contributed by atoms with Crippen molar-refractivity contribution in [3.05, 3.63) is 54.1 Å². The second kappa shape index (κ2) is 8.03. The van der Waals surface area contributed by atoms with Crippen LogP contribution in [0, 0.1) is 0 Å². The van der Waals surface area contributed by atoms with Crippen LogP contribution in [0.1, 0.15) is 24.4 Å². The zero-order chi connectivity index (χ0) is 17.6. The van der Waals surface area contributed by atoms with E-state index < -0.39 is 0 Å². The summed E-state index contributed by atoms with van der Waals surface area (Å²) in [7, 11) is 3.29. The van der Waals surface area contributed by atoms with Gasteiger partial charge < -0.3 is 14.8 Å². The number of carbonyl (C=O) groups is 1. The lowest BCUT2D eigenvalue weighted by Crippen LogP contribution is -2.32. The highest BCUT2D eigenvalue weighted by Crippen LogP contribution is 2.33. The molecule has 3 rings (SSSR count). The number of amides is 1. The van der Waals surface area contributed by atoms with Crippen molar-refractivity contribution in [1.82, 2.24) is 4.90 Å². The quantitative estimate of drug-likeness (QED) is 0.875. The Morgan fingerprint density at radius 1 is 1.12 bits per heavy atom. The number of hydrogen-bond donors (Lipinski definition) is 1. The van der Waals surface area contributed by atoms with Crippen LogP contribution in [0.25, 0.3) is 0 Å². The molecule has 0 aromatic heterocycles. The third-order valence-corrected chi connectivity index (χ3v) is 4.54. The van der Waals surface area contributed by atoms with Gasteiger partial charge in [0.2, 0.25) is 5.91 Å². The third kappa shape index (κ3) is 4.31. The van der Waals surface area contributed by atoms with Gasteiger partial charge in [-0.1, -0.05) is 18.2 Å². The number of rotatable bonds is 6. The molecule has 1 amide bonds. The van der Waals surface area contributed by atoms with Crippen LogP contribution in [0.15, 0.2) is 48.5 Å². The van der Waals surface area contributed by atoms with Crippen LogP contribution >= 0.6 is 0 Å². The average molecular weight is 340 g/mol. The molecule has 0 aliphatic carbocycles.